The van der Waals surface area contributed by atoms with Gasteiger partial charge in [0.1, 0.15) is 23.0 Å². The van der Waals surface area contributed by atoms with Gasteiger partial charge in [-0.3, -0.25) is 8.61 Å². The number of anilines is 1. The summed E-state index contributed by atoms with van der Waals surface area (Å²) in [6.07, 6.45) is 9.00. The minimum atomic E-state index is -2.17. The maximum atomic E-state index is 13.7. The van der Waals surface area contributed by atoms with Crippen molar-refractivity contribution in [2.45, 2.75) is 19.4 Å². The van der Waals surface area contributed by atoms with Crippen LogP contribution in [0, 0.1) is 11.7 Å². The van der Waals surface area contributed by atoms with E-state index >= 15 is 0 Å². The van der Waals surface area contributed by atoms with Gasteiger partial charge in [0.25, 0.3) is 0 Å². The van der Waals surface area contributed by atoms with Gasteiger partial charge in [-0.2, -0.15) is 0 Å². The van der Waals surface area contributed by atoms with E-state index in [0.717, 1.165) is 18.8 Å². The van der Waals surface area contributed by atoms with Crippen molar-refractivity contribution in [1.82, 2.24) is 19.4 Å². The fourth-order valence-electron chi connectivity index (χ4n) is 3.73. The number of rotatable bonds is 3. The number of piperidine rings is 1. The monoisotopic (exact) mass is 436 g/mol. The van der Waals surface area contributed by atoms with Gasteiger partial charge in [0, 0.05) is 53.8 Å². The first kappa shape index (κ1) is 20.0. The van der Waals surface area contributed by atoms with Gasteiger partial charge in [0.05, 0.1) is 17.3 Å². The molecule has 0 saturated carbocycles. The van der Waals surface area contributed by atoms with Crippen LogP contribution < -0.4 is 4.90 Å². The van der Waals surface area contributed by atoms with Crippen molar-refractivity contribution in [2.75, 3.05) is 30.5 Å². The molecule has 2 atom stereocenters. The first-order valence-corrected chi connectivity index (χ1v) is 12.0. The number of aromatic nitrogens is 4. The number of halogens is 2. The van der Waals surface area contributed by atoms with Gasteiger partial charge < -0.3 is 4.90 Å². The van der Waals surface area contributed by atoms with Crippen molar-refractivity contribution in [1.29, 1.82) is 0 Å². The summed E-state index contributed by atoms with van der Waals surface area (Å²) in [7, 11) is -2.17. The van der Waals surface area contributed by atoms with E-state index in [9.17, 15) is 8.60 Å². The number of nitrogens with zero attached hydrogens (tertiary/aromatic N) is 6. The van der Waals surface area contributed by atoms with Gasteiger partial charge >= 0.3 is 0 Å². The fourth-order valence-corrected chi connectivity index (χ4v) is 4.75. The molecule has 4 heterocycles. The minimum Gasteiger partial charge on any atom is -0.354 e. The summed E-state index contributed by atoms with van der Waals surface area (Å²) in [6, 6.07) is 3.13. The molecular weight excluding hydrogens is 415 g/mol. The molecule has 1 aliphatic rings. The second-order valence-corrected chi connectivity index (χ2v) is 10.7. The van der Waals surface area contributed by atoms with Gasteiger partial charge in [-0.1, -0.05) is 18.5 Å². The third kappa shape index (κ3) is 4.35. The van der Waals surface area contributed by atoms with Crippen molar-refractivity contribution >= 4 is 32.8 Å². The van der Waals surface area contributed by atoms with E-state index in [2.05, 4.69) is 26.2 Å². The van der Waals surface area contributed by atoms with Crippen molar-refractivity contribution < 1.29 is 8.60 Å². The summed E-state index contributed by atoms with van der Waals surface area (Å²) in [5, 5.41) is 0.00457. The van der Waals surface area contributed by atoms with Crippen LogP contribution in [0.25, 0.3) is 17.2 Å². The topological polar surface area (TPSA) is 75.8 Å². The molecule has 0 bridgehead atoms. The Hall–Kier alpha value is -2.26. The third-order valence-corrected chi connectivity index (χ3v) is 5.87. The first-order chi connectivity index (χ1) is 13.7. The quantitative estimate of drug-likeness (QED) is 0.627. The molecule has 1 fully saturated rings. The molecule has 10 heteroatoms. The molecule has 1 saturated heterocycles. The summed E-state index contributed by atoms with van der Waals surface area (Å²) in [5.41, 5.74) is 1.06. The second kappa shape index (κ2) is 7.53. The van der Waals surface area contributed by atoms with Crippen molar-refractivity contribution in [3.8, 4) is 11.5 Å². The number of hydrogen-bond acceptors (Lipinski definition) is 6. The molecule has 154 valence electrons. The average Bonchev–Trinajstić information content (AvgIpc) is 3.03. The SMILES string of the molecule is C[C@@H]1C[C@H](N=S(C)(C)=O)CN(c2ccnc(-c3cnc4cc(F)c(Cl)cn34)n2)C1. The number of pyridine rings is 1. The molecule has 3 aromatic heterocycles. The standard InChI is InChI=1S/C19H22ClFN6OS/c1-12-6-13(25-29(2,3)28)10-26(9-12)17-4-5-22-19(24-17)16-8-23-18-7-15(21)14(20)11-27(16)18/h4-5,7-8,11-13H,6,9-10H2,1-3H3/t12-,13+/m1/s1. The molecule has 0 spiro atoms. The molecule has 0 unspecified atom stereocenters. The zero-order valence-electron chi connectivity index (χ0n) is 16.4. The number of imidazole rings is 1. The van der Waals surface area contributed by atoms with Gasteiger partial charge in [-0.15, -0.1) is 0 Å². The van der Waals surface area contributed by atoms with Crippen LogP contribution in [0.1, 0.15) is 13.3 Å². The molecule has 3 aromatic rings. The predicted molar refractivity (Wildman–Crippen MR) is 113 cm³/mol. The zero-order valence-corrected chi connectivity index (χ0v) is 18.0. The van der Waals surface area contributed by atoms with Gasteiger partial charge in [0.15, 0.2) is 5.82 Å². The lowest BCUT2D eigenvalue weighted by molar-refractivity contribution is 0.402. The van der Waals surface area contributed by atoms with E-state index in [1.54, 1.807) is 29.3 Å². The molecule has 4 rings (SSSR count). The van der Waals surface area contributed by atoms with E-state index in [-0.39, 0.29) is 11.1 Å². The van der Waals surface area contributed by atoms with E-state index in [1.165, 1.54) is 12.3 Å². The largest absolute Gasteiger partial charge is 0.354 e. The molecule has 0 aliphatic carbocycles. The van der Waals surface area contributed by atoms with Crippen LogP contribution in [0.3, 0.4) is 0 Å². The van der Waals surface area contributed by atoms with Crippen molar-refractivity contribution in [2.24, 2.45) is 10.3 Å². The van der Waals surface area contributed by atoms with Crippen LogP contribution in [-0.4, -0.2) is 55.2 Å². The van der Waals surface area contributed by atoms with Gasteiger partial charge in [-0.05, 0) is 18.4 Å². The summed E-state index contributed by atoms with van der Waals surface area (Å²) in [6.45, 7) is 3.65. The fraction of sp³-hybridized carbons (Fsp3) is 0.421. The Kier molecular flexibility index (Phi) is 5.20. The highest BCUT2D eigenvalue weighted by Crippen LogP contribution is 2.27. The highest BCUT2D eigenvalue weighted by Gasteiger charge is 2.26. The zero-order chi connectivity index (χ0) is 20.8. The van der Waals surface area contributed by atoms with E-state index in [4.69, 9.17) is 16.6 Å². The summed E-state index contributed by atoms with van der Waals surface area (Å²) in [4.78, 5) is 15.5. The average molecular weight is 437 g/mol. The first-order valence-electron chi connectivity index (χ1n) is 9.26. The molecule has 1 aliphatic heterocycles. The molecule has 0 amide bonds. The lowest BCUT2D eigenvalue weighted by Crippen LogP contribution is -2.42. The molecule has 7 nitrogen and oxygen atoms in total. The Morgan fingerprint density at radius 2 is 2.10 bits per heavy atom. The van der Waals surface area contributed by atoms with Gasteiger partial charge in [0.2, 0.25) is 0 Å². The van der Waals surface area contributed by atoms with Crippen LogP contribution in [-0.2, 0) is 9.73 Å². The Balaban J connectivity index is 1.69. The summed E-state index contributed by atoms with van der Waals surface area (Å²) < 4.78 is 32.0. The Labute approximate surface area is 174 Å². The normalized spacial score (nSPS) is 20.2. The Morgan fingerprint density at radius 3 is 2.86 bits per heavy atom. The highest BCUT2D eigenvalue weighted by molar-refractivity contribution is 7.92. The molecule has 0 aromatic carbocycles. The van der Waals surface area contributed by atoms with Crippen molar-refractivity contribution in [3.05, 3.63) is 41.6 Å². The third-order valence-electron chi connectivity index (χ3n) is 4.79. The number of fused-ring (bicyclic) bond motifs is 1. The summed E-state index contributed by atoms with van der Waals surface area (Å²) in [5.74, 6) is 1.12. The molecular formula is C19H22ClFN6OS. The van der Waals surface area contributed by atoms with Crippen LogP contribution >= 0.6 is 11.6 Å². The highest BCUT2D eigenvalue weighted by atomic mass is 35.5. The van der Waals surface area contributed by atoms with Gasteiger partial charge in [-0.25, -0.2) is 23.7 Å². The van der Waals surface area contributed by atoms with E-state index in [1.807, 2.05) is 6.07 Å². The maximum Gasteiger partial charge on any atom is 0.180 e. The van der Waals surface area contributed by atoms with Crippen LogP contribution in [0.5, 0.6) is 0 Å². The smallest absolute Gasteiger partial charge is 0.180 e. The van der Waals surface area contributed by atoms with Crippen molar-refractivity contribution in [3.63, 3.8) is 0 Å². The van der Waals surface area contributed by atoms with Crippen LogP contribution in [0.15, 0.2) is 35.1 Å². The maximum absolute atomic E-state index is 13.7. The van der Waals surface area contributed by atoms with Crippen LogP contribution in [0.2, 0.25) is 5.02 Å². The minimum absolute atomic E-state index is 0.00255. The van der Waals surface area contributed by atoms with E-state index in [0.29, 0.717) is 29.6 Å². The lowest BCUT2D eigenvalue weighted by Gasteiger charge is -2.35. The molecule has 0 radical (unpaired) electrons. The summed E-state index contributed by atoms with van der Waals surface area (Å²) >= 11 is 5.94. The lowest BCUT2D eigenvalue weighted by atomic mass is 9.97. The molecule has 0 N–H and O–H groups in total. The van der Waals surface area contributed by atoms with Crippen LogP contribution in [0.4, 0.5) is 10.2 Å². The predicted octanol–water partition coefficient (Wildman–Crippen LogP) is 3.53. The molecule has 29 heavy (non-hydrogen) atoms. The second-order valence-electron chi connectivity index (χ2n) is 7.77. The number of hydrogen-bond donors (Lipinski definition) is 0. The van der Waals surface area contributed by atoms with E-state index < -0.39 is 15.5 Å². The Morgan fingerprint density at radius 1 is 1.31 bits per heavy atom. The Bertz CT molecular complexity index is 1180.